The molecule has 2 aromatic carbocycles. The van der Waals surface area contributed by atoms with Gasteiger partial charge in [-0.25, -0.2) is 19.9 Å². The number of ether oxygens (including phenoxy) is 4. The predicted octanol–water partition coefficient (Wildman–Crippen LogP) is 4.33. The lowest BCUT2D eigenvalue weighted by Gasteiger charge is -2.38. The molecule has 2 aromatic heterocycles. The standard InChI is InChI=1S/C27H42N6O3.C25H38N6O3/c1-19(2)32-10-12-33(13-11-32)27-20(3)25(29-22-8-14-35-15-9-22)30-26(31-27)21-6-5-7-24(16-21)36-18-23(34)17-28-4;1-17-15-31(10-9-27-17)25-18(2)23(28-20-7-11-33-12-8-20)29-24(30-25)19-5-4-6-22(13-19)34-16-21(32)14-26-3/h5-7,16,19,22-23,28,34H,8-15,17-18H2,1-4H3,(H,29,30,31);4-6,13,17,20-21,26-27,32H,7-12,14-16H2,1-3H3,(H,28,29,30). The molecule has 4 aromatic rings. The zero-order valence-electron chi connectivity index (χ0n) is 42.7. The first kappa shape index (κ1) is 52.9. The van der Waals surface area contributed by atoms with E-state index < -0.39 is 12.2 Å². The quantitative estimate of drug-likeness (QED) is 0.0700. The first-order valence-electron chi connectivity index (χ1n) is 25.5. The molecule has 0 radical (unpaired) electrons. The highest BCUT2D eigenvalue weighted by Crippen LogP contribution is 2.33. The Hall–Kier alpha value is -4.92. The van der Waals surface area contributed by atoms with Crippen LogP contribution in [-0.4, -0.2) is 184 Å². The van der Waals surface area contributed by atoms with Crippen LogP contribution in [-0.2, 0) is 9.47 Å². The zero-order chi connectivity index (χ0) is 49.4. The molecule has 6 heterocycles. The predicted molar refractivity (Wildman–Crippen MR) is 279 cm³/mol. The van der Waals surface area contributed by atoms with E-state index in [9.17, 15) is 10.2 Å². The second-order valence-corrected chi connectivity index (χ2v) is 19.3. The summed E-state index contributed by atoms with van der Waals surface area (Å²) in [5.74, 6) is 6.47. The number of aliphatic hydroxyl groups excluding tert-OH is 2. The minimum Gasteiger partial charge on any atom is -0.491 e. The van der Waals surface area contributed by atoms with E-state index in [0.29, 0.717) is 60.4 Å². The summed E-state index contributed by atoms with van der Waals surface area (Å²) in [5, 5.41) is 36.8. The Morgan fingerprint density at radius 3 is 1.59 bits per heavy atom. The van der Waals surface area contributed by atoms with Crippen LogP contribution in [0.25, 0.3) is 22.8 Å². The number of likely N-dealkylation sites (N-methyl/N-ethyl adjacent to an activating group) is 2. The number of nitrogens with zero attached hydrogens (tertiary/aromatic N) is 7. The van der Waals surface area contributed by atoms with Gasteiger partial charge in [0.05, 0.1) is 0 Å². The third-order valence-electron chi connectivity index (χ3n) is 13.3. The second-order valence-electron chi connectivity index (χ2n) is 19.3. The number of aromatic nitrogens is 4. The molecule has 4 aliphatic rings. The molecule has 7 N–H and O–H groups in total. The summed E-state index contributed by atoms with van der Waals surface area (Å²) < 4.78 is 22.8. The fourth-order valence-electron chi connectivity index (χ4n) is 9.23. The Kier molecular flexibility index (Phi) is 20.0. The van der Waals surface area contributed by atoms with Crippen molar-refractivity contribution in [2.75, 3.05) is 133 Å². The van der Waals surface area contributed by atoms with Crippen molar-refractivity contribution >= 4 is 23.3 Å². The Labute approximate surface area is 415 Å². The number of hydrogen-bond acceptors (Lipinski definition) is 18. The summed E-state index contributed by atoms with van der Waals surface area (Å²) in [7, 11) is 3.62. The maximum Gasteiger partial charge on any atom is 0.164 e. The molecule has 0 bridgehead atoms. The third-order valence-corrected chi connectivity index (χ3v) is 13.3. The SMILES string of the molecule is CNCC(O)COc1cccc(-c2nc(NC3CCOCC3)c(C)c(N3CCN(C(C)C)CC3)n2)c1.CNCC(O)COc1cccc(-c2nc(NC3CCOCC3)c(C)c(N3CCNC(C)C3)n2)c1. The fourth-order valence-corrected chi connectivity index (χ4v) is 9.23. The molecule has 384 valence electrons. The molecule has 0 spiro atoms. The van der Waals surface area contributed by atoms with E-state index >= 15 is 0 Å². The number of benzene rings is 2. The molecule has 4 aliphatic heterocycles. The van der Waals surface area contributed by atoms with Crippen LogP contribution in [0.3, 0.4) is 0 Å². The lowest BCUT2D eigenvalue weighted by Crippen LogP contribution is -2.49. The van der Waals surface area contributed by atoms with Gasteiger partial charge in [-0.1, -0.05) is 24.3 Å². The summed E-state index contributed by atoms with van der Waals surface area (Å²) in [6.45, 7) is 22.1. The van der Waals surface area contributed by atoms with Crippen LogP contribution in [0.15, 0.2) is 48.5 Å². The van der Waals surface area contributed by atoms with Gasteiger partial charge in [0.25, 0.3) is 0 Å². The molecule has 3 unspecified atom stereocenters. The second kappa shape index (κ2) is 26.5. The number of nitrogens with one attached hydrogen (secondary N) is 5. The Morgan fingerprint density at radius 1 is 0.671 bits per heavy atom. The molecular weight excluding hydrogens is 889 g/mol. The minimum atomic E-state index is -0.569. The van der Waals surface area contributed by atoms with Crippen LogP contribution >= 0.6 is 0 Å². The molecule has 0 saturated carbocycles. The monoisotopic (exact) mass is 969 g/mol. The van der Waals surface area contributed by atoms with Gasteiger partial charge < -0.3 is 65.5 Å². The maximum atomic E-state index is 10.0. The molecule has 18 nitrogen and oxygen atoms in total. The fraction of sp³-hybridized carbons (Fsp3) is 0.615. The van der Waals surface area contributed by atoms with Crippen LogP contribution in [0, 0.1) is 13.8 Å². The van der Waals surface area contributed by atoms with Gasteiger partial charge in [-0.3, -0.25) is 4.90 Å². The first-order chi connectivity index (χ1) is 34.0. The van der Waals surface area contributed by atoms with E-state index in [1.807, 2.05) is 55.6 Å². The number of rotatable bonds is 19. The molecule has 0 amide bonds. The van der Waals surface area contributed by atoms with Crippen molar-refractivity contribution in [1.29, 1.82) is 0 Å². The molecule has 3 atom stereocenters. The van der Waals surface area contributed by atoms with Crippen molar-refractivity contribution in [3.05, 3.63) is 59.7 Å². The Balaban J connectivity index is 0.000000207. The average molecular weight is 969 g/mol. The summed E-state index contributed by atoms with van der Waals surface area (Å²) in [4.78, 5) is 27.3. The van der Waals surface area contributed by atoms with Crippen LogP contribution in [0.5, 0.6) is 11.5 Å². The highest BCUT2D eigenvalue weighted by atomic mass is 16.5. The zero-order valence-corrected chi connectivity index (χ0v) is 42.7. The van der Waals surface area contributed by atoms with E-state index in [-0.39, 0.29) is 13.2 Å². The molecule has 18 heteroatoms. The molecule has 8 rings (SSSR count). The summed E-state index contributed by atoms with van der Waals surface area (Å²) in [5.41, 5.74) is 3.95. The van der Waals surface area contributed by atoms with Gasteiger partial charge >= 0.3 is 0 Å². The van der Waals surface area contributed by atoms with E-state index in [1.165, 1.54) is 0 Å². The topological polar surface area (TPSA) is 199 Å². The van der Waals surface area contributed by atoms with Crippen molar-refractivity contribution in [2.24, 2.45) is 0 Å². The lowest BCUT2D eigenvalue weighted by atomic mass is 10.1. The van der Waals surface area contributed by atoms with Crippen LogP contribution in [0.2, 0.25) is 0 Å². The van der Waals surface area contributed by atoms with Crippen molar-refractivity contribution in [1.82, 2.24) is 40.8 Å². The highest BCUT2D eigenvalue weighted by molar-refractivity contribution is 5.69. The molecular formula is C52H80N12O6. The van der Waals surface area contributed by atoms with Crippen molar-refractivity contribution in [3.63, 3.8) is 0 Å². The summed E-state index contributed by atoms with van der Waals surface area (Å²) in [6.07, 6.45) is 2.74. The lowest BCUT2D eigenvalue weighted by molar-refractivity contribution is 0.0902. The number of aliphatic hydroxyl groups is 2. The number of piperazine rings is 2. The first-order valence-corrected chi connectivity index (χ1v) is 25.5. The van der Waals surface area contributed by atoms with Gasteiger partial charge in [0.1, 0.15) is 60.2 Å². The number of anilines is 4. The summed E-state index contributed by atoms with van der Waals surface area (Å²) >= 11 is 0. The Morgan fingerprint density at radius 2 is 1.14 bits per heavy atom. The van der Waals surface area contributed by atoms with Crippen LogP contribution in [0.1, 0.15) is 57.6 Å². The van der Waals surface area contributed by atoms with Gasteiger partial charge in [0.15, 0.2) is 11.6 Å². The molecule has 4 fully saturated rings. The number of hydrogen-bond donors (Lipinski definition) is 7. The minimum absolute atomic E-state index is 0.222. The third kappa shape index (κ3) is 15.1. The van der Waals surface area contributed by atoms with Crippen molar-refractivity contribution < 1.29 is 29.2 Å². The molecule has 0 aliphatic carbocycles. The van der Waals surface area contributed by atoms with Gasteiger partial charge in [0.2, 0.25) is 0 Å². The van der Waals surface area contributed by atoms with Gasteiger partial charge in [-0.15, -0.1) is 0 Å². The summed E-state index contributed by atoms with van der Waals surface area (Å²) in [6, 6.07) is 17.2. The van der Waals surface area contributed by atoms with E-state index in [1.54, 1.807) is 7.05 Å². The van der Waals surface area contributed by atoms with Gasteiger partial charge in [0, 0.05) is 132 Å². The van der Waals surface area contributed by atoms with Crippen molar-refractivity contribution in [2.45, 2.75) is 96.7 Å². The highest BCUT2D eigenvalue weighted by Gasteiger charge is 2.27. The van der Waals surface area contributed by atoms with E-state index in [0.717, 1.165) is 143 Å². The van der Waals surface area contributed by atoms with Crippen molar-refractivity contribution in [3.8, 4) is 34.3 Å². The van der Waals surface area contributed by atoms with E-state index in [4.69, 9.17) is 38.9 Å². The van der Waals surface area contributed by atoms with Crippen LogP contribution in [0.4, 0.5) is 23.3 Å². The van der Waals surface area contributed by atoms with Gasteiger partial charge in [-0.05, 0) is 98.7 Å². The smallest absolute Gasteiger partial charge is 0.164 e. The molecule has 4 saturated heterocycles. The van der Waals surface area contributed by atoms with Crippen LogP contribution < -0.4 is 45.9 Å². The Bertz CT molecular complexity index is 2220. The normalized spacial score (nSPS) is 19.3. The maximum absolute atomic E-state index is 10.0. The molecule has 70 heavy (non-hydrogen) atoms. The van der Waals surface area contributed by atoms with E-state index in [2.05, 4.69) is 75.9 Å². The van der Waals surface area contributed by atoms with Gasteiger partial charge in [-0.2, -0.15) is 0 Å². The largest absolute Gasteiger partial charge is 0.491 e. The average Bonchev–Trinajstić information content (AvgIpc) is 3.37.